The second-order valence-electron chi connectivity index (χ2n) is 5.30. The van der Waals surface area contributed by atoms with Crippen LogP contribution in [0.2, 0.25) is 0 Å². The number of phenolic OH excluding ortho intramolecular Hbond substituents is 1. The van der Waals surface area contributed by atoms with E-state index in [-0.39, 0.29) is 11.7 Å². The van der Waals surface area contributed by atoms with Crippen molar-refractivity contribution in [2.45, 2.75) is 6.42 Å². The van der Waals surface area contributed by atoms with Crippen molar-refractivity contribution in [1.29, 1.82) is 0 Å². The number of carbonyl (C=O) groups excluding carboxylic acids is 1. The quantitative estimate of drug-likeness (QED) is 0.681. The van der Waals surface area contributed by atoms with E-state index in [1.807, 2.05) is 30.3 Å². The fraction of sp³-hybridized carbons (Fsp3) is 0.111. The summed E-state index contributed by atoms with van der Waals surface area (Å²) >= 11 is 6.38. The molecule has 1 saturated heterocycles. The first-order valence-corrected chi connectivity index (χ1v) is 8.34. The SMILES string of the molecule is CN1C(=O)/C(=C/c2cc(Cc3ccccc3)ccc2O)SC1=S. The maximum absolute atomic E-state index is 12.1. The molecule has 116 valence electrons. The van der Waals surface area contributed by atoms with Crippen LogP contribution in [-0.4, -0.2) is 27.3 Å². The third-order valence-corrected chi connectivity index (χ3v) is 5.10. The van der Waals surface area contributed by atoms with Crippen LogP contribution in [0.15, 0.2) is 53.4 Å². The summed E-state index contributed by atoms with van der Waals surface area (Å²) in [6, 6.07) is 15.6. The summed E-state index contributed by atoms with van der Waals surface area (Å²) in [5, 5.41) is 10.1. The van der Waals surface area contributed by atoms with Crippen LogP contribution in [0.1, 0.15) is 16.7 Å². The molecule has 1 fully saturated rings. The fourth-order valence-electron chi connectivity index (χ4n) is 2.35. The number of hydrogen-bond donors (Lipinski definition) is 1. The van der Waals surface area contributed by atoms with Crippen LogP contribution in [0.4, 0.5) is 0 Å². The van der Waals surface area contributed by atoms with E-state index in [0.29, 0.717) is 14.8 Å². The van der Waals surface area contributed by atoms with Crippen molar-refractivity contribution in [2.24, 2.45) is 0 Å². The van der Waals surface area contributed by atoms with Gasteiger partial charge in [-0.15, -0.1) is 0 Å². The number of hydrogen-bond acceptors (Lipinski definition) is 4. The minimum Gasteiger partial charge on any atom is -0.507 e. The van der Waals surface area contributed by atoms with Crippen molar-refractivity contribution < 1.29 is 9.90 Å². The molecule has 23 heavy (non-hydrogen) atoms. The molecule has 2 aromatic carbocycles. The molecule has 0 unspecified atom stereocenters. The van der Waals surface area contributed by atoms with Crippen molar-refractivity contribution in [2.75, 3.05) is 7.05 Å². The molecule has 0 spiro atoms. The minimum atomic E-state index is -0.132. The molecule has 0 atom stereocenters. The van der Waals surface area contributed by atoms with E-state index in [1.54, 1.807) is 19.2 Å². The summed E-state index contributed by atoms with van der Waals surface area (Å²) in [6.07, 6.45) is 2.48. The molecule has 1 heterocycles. The van der Waals surface area contributed by atoms with Crippen LogP contribution in [0.3, 0.4) is 0 Å². The summed E-state index contributed by atoms with van der Waals surface area (Å²) in [5.74, 6) is 0.0241. The van der Waals surface area contributed by atoms with Crippen LogP contribution < -0.4 is 0 Å². The average Bonchev–Trinajstić information content (AvgIpc) is 2.79. The molecule has 1 aliphatic rings. The predicted molar refractivity (Wildman–Crippen MR) is 98.3 cm³/mol. The van der Waals surface area contributed by atoms with Gasteiger partial charge in [-0.25, -0.2) is 0 Å². The van der Waals surface area contributed by atoms with Gasteiger partial charge < -0.3 is 5.11 Å². The summed E-state index contributed by atoms with van der Waals surface area (Å²) in [5.41, 5.74) is 2.91. The Balaban J connectivity index is 1.90. The second kappa shape index (κ2) is 6.56. The number of thiocarbonyl (C=S) groups is 1. The largest absolute Gasteiger partial charge is 0.507 e. The van der Waals surface area contributed by atoms with E-state index in [0.717, 1.165) is 12.0 Å². The number of phenols is 1. The van der Waals surface area contributed by atoms with Gasteiger partial charge in [-0.3, -0.25) is 9.69 Å². The number of likely N-dealkylation sites (N-methyl/N-ethyl adjacent to an activating group) is 1. The second-order valence-corrected chi connectivity index (χ2v) is 6.97. The third-order valence-electron chi connectivity index (χ3n) is 3.62. The number of thioether (sulfide) groups is 1. The summed E-state index contributed by atoms with van der Waals surface area (Å²) in [4.78, 5) is 14.0. The topological polar surface area (TPSA) is 40.5 Å². The highest BCUT2D eigenvalue weighted by Crippen LogP contribution is 2.33. The molecule has 0 aliphatic carbocycles. The zero-order valence-corrected chi connectivity index (χ0v) is 14.2. The van der Waals surface area contributed by atoms with E-state index in [2.05, 4.69) is 12.1 Å². The highest BCUT2D eigenvalue weighted by atomic mass is 32.2. The maximum Gasteiger partial charge on any atom is 0.265 e. The van der Waals surface area contributed by atoms with Gasteiger partial charge in [-0.2, -0.15) is 0 Å². The monoisotopic (exact) mass is 341 g/mol. The highest BCUT2D eigenvalue weighted by molar-refractivity contribution is 8.26. The van der Waals surface area contributed by atoms with E-state index >= 15 is 0 Å². The predicted octanol–water partition coefficient (Wildman–Crippen LogP) is 3.81. The van der Waals surface area contributed by atoms with Crippen LogP contribution in [0.5, 0.6) is 5.75 Å². The van der Waals surface area contributed by atoms with Gasteiger partial charge >= 0.3 is 0 Å². The van der Waals surface area contributed by atoms with Crippen LogP contribution in [0, 0.1) is 0 Å². The summed E-state index contributed by atoms with van der Waals surface area (Å²) in [6.45, 7) is 0. The lowest BCUT2D eigenvalue weighted by atomic mass is 10.0. The van der Waals surface area contributed by atoms with Gasteiger partial charge in [0.2, 0.25) is 0 Å². The van der Waals surface area contributed by atoms with Crippen LogP contribution in [0.25, 0.3) is 6.08 Å². The molecule has 1 N–H and O–H groups in total. The van der Waals surface area contributed by atoms with Gasteiger partial charge in [0.25, 0.3) is 5.91 Å². The molecule has 0 aromatic heterocycles. The molecule has 5 heteroatoms. The number of aromatic hydroxyl groups is 1. The van der Waals surface area contributed by atoms with Crippen LogP contribution >= 0.6 is 24.0 Å². The highest BCUT2D eigenvalue weighted by Gasteiger charge is 2.28. The fourth-order valence-corrected chi connectivity index (χ4v) is 3.52. The molecule has 1 aliphatic heterocycles. The smallest absolute Gasteiger partial charge is 0.265 e. The van der Waals surface area contributed by atoms with Gasteiger partial charge in [0.1, 0.15) is 10.1 Å². The average molecular weight is 341 g/mol. The molecular formula is C18H15NO2S2. The lowest BCUT2D eigenvalue weighted by molar-refractivity contribution is -0.121. The van der Waals surface area contributed by atoms with Gasteiger partial charge in [-0.05, 0) is 35.8 Å². The lowest BCUT2D eigenvalue weighted by Crippen LogP contribution is -2.22. The molecule has 1 amide bonds. The van der Waals surface area contributed by atoms with E-state index in [9.17, 15) is 9.90 Å². The van der Waals surface area contributed by atoms with Gasteiger partial charge in [0, 0.05) is 12.6 Å². The summed E-state index contributed by atoms with van der Waals surface area (Å²) in [7, 11) is 1.66. The Kier molecular flexibility index (Phi) is 4.50. The number of carbonyl (C=O) groups is 1. The molecule has 0 radical (unpaired) electrons. The Morgan fingerprint density at radius 1 is 1.17 bits per heavy atom. The molecule has 3 nitrogen and oxygen atoms in total. The zero-order valence-electron chi connectivity index (χ0n) is 12.5. The first kappa shape index (κ1) is 15.8. The van der Waals surface area contributed by atoms with Crippen LogP contribution in [-0.2, 0) is 11.2 Å². The molecule has 0 saturated carbocycles. The molecule has 2 aromatic rings. The lowest BCUT2D eigenvalue weighted by Gasteiger charge is -2.06. The zero-order chi connectivity index (χ0) is 16.4. The van der Waals surface area contributed by atoms with E-state index in [1.165, 1.54) is 22.2 Å². The molecule has 3 rings (SSSR count). The summed E-state index contributed by atoms with van der Waals surface area (Å²) < 4.78 is 0.529. The first-order chi connectivity index (χ1) is 11.0. The minimum absolute atomic E-state index is 0.132. The maximum atomic E-state index is 12.1. The van der Waals surface area contributed by atoms with Crippen molar-refractivity contribution in [3.05, 3.63) is 70.1 Å². The first-order valence-electron chi connectivity index (χ1n) is 7.12. The number of benzene rings is 2. The number of nitrogens with zero attached hydrogens (tertiary/aromatic N) is 1. The Hall–Kier alpha value is -2.11. The normalized spacial score (nSPS) is 16.4. The Labute approximate surface area is 144 Å². The van der Waals surface area contributed by atoms with Crippen molar-refractivity contribution in [3.8, 4) is 5.75 Å². The van der Waals surface area contributed by atoms with E-state index < -0.39 is 0 Å². The molecular weight excluding hydrogens is 326 g/mol. The van der Waals surface area contributed by atoms with Crippen molar-refractivity contribution in [3.63, 3.8) is 0 Å². The number of rotatable bonds is 3. The Morgan fingerprint density at radius 3 is 2.57 bits per heavy atom. The van der Waals surface area contributed by atoms with Gasteiger partial charge in [0.15, 0.2) is 0 Å². The number of amides is 1. The van der Waals surface area contributed by atoms with Gasteiger partial charge in [0.05, 0.1) is 4.91 Å². The van der Waals surface area contributed by atoms with Crippen molar-refractivity contribution in [1.82, 2.24) is 4.90 Å². The molecule has 0 bridgehead atoms. The van der Waals surface area contributed by atoms with Gasteiger partial charge in [-0.1, -0.05) is 60.4 Å². The standard InChI is InChI=1S/C18H15NO2S2/c1-19-17(21)16(23-18(19)22)11-14-10-13(7-8-15(14)20)9-12-5-3-2-4-6-12/h2-8,10-11,20H,9H2,1H3/b16-11-. The third kappa shape index (κ3) is 3.46. The van der Waals surface area contributed by atoms with Crippen molar-refractivity contribution >= 4 is 40.3 Å². The van der Waals surface area contributed by atoms with E-state index in [4.69, 9.17) is 12.2 Å². The Bertz CT molecular complexity index is 800. The Morgan fingerprint density at radius 2 is 1.91 bits per heavy atom.